The predicted octanol–water partition coefficient (Wildman–Crippen LogP) is 6.85. The fourth-order valence-electron chi connectivity index (χ4n) is 3.57. The molecular weight excluding hydrogens is 445 g/mol. The van der Waals surface area contributed by atoms with Crippen molar-refractivity contribution in [3.8, 4) is 5.75 Å². The number of carbonyl (C=O) groups is 1. The molecule has 0 saturated heterocycles. The summed E-state index contributed by atoms with van der Waals surface area (Å²) in [4.78, 5) is 13.0. The fourth-order valence-corrected chi connectivity index (χ4v) is 3.89. The molecule has 0 spiro atoms. The number of nitrogens with zero attached hydrogens (tertiary/aromatic N) is 1. The van der Waals surface area contributed by atoms with Crippen LogP contribution in [0.3, 0.4) is 0 Å². The molecule has 0 aliphatic rings. The van der Waals surface area contributed by atoms with Gasteiger partial charge < -0.3 is 10.1 Å². The third-order valence-corrected chi connectivity index (χ3v) is 5.93. The van der Waals surface area contributed by atoms with Gasteiger partial charge in [-0.25, -0.2) is 0 Å². The number of hydrogen-bond donors (Lipinski definition) is 2. The zero-order valence-corrected chi connectivity index (χ0v) is 18.2. The molecule has 4 aromatic carbocycles. The molecule has 1 amide bonds. The number of anilines is 1. The number of amides is 1. The van der Waals surface area contributed by atoms with Crippen LogP contribution in [0, 0.1) is 0 Å². The van der Waals surface area contributed by atoms with Crippen LogP contribution in [0.5, 0.6) is 5.75 Å². The Balaban J connectivity index is 1.38. The highest BCUT2D eigenvalue weighted by molar-refractivity contribution is 6.42. The summed E-state index contributed by atoms with van der Waals surface area (Å²) in [7, 11) is 0. The molecule has 158 valence electrons. The normalized spacial score (nSPS) is 11.1. The lowest BCUT2D eigenvalue weighted by atomic mass is 10.0. The van der Waals surface area contributed by atoms with Crippen molar-refractivity contribution in [2.45, 2.75) is 6.61 Å². The average molecular weight is 462 g/mol. The number of benzene rings is 4. The number of hydrogen-bond acceptors (Lipinski definition) is 3. The first-order chi connectivity index (χ1) is 15.6. The van der Waals surface area contributed by atoms with Crippen molar-refractivity contribution in [2.75, 3.05) is 5.32 Å². The van der Waals surface area contributed by atoms with E-state index in [4.69, 9.17) is 27.9 Å². The first-order valence-corrected chi connectivity index (χ1v) is 10.7. The number of aromatic amines is 1. The molecule has 5 aromatic rings. The molecule has 0 unspecified atom stereocenters. The van der Waals surface area contributed by atoms with Gasteiger partial charge in [-0.15, -0.1) is 0 Å². The van der Waals surface area contributed by atoms with Crippen LogP contribution in [-0.2, 0) is 6.61 Å². The van der Waals surface area contributed by atoms with E-state index in [1.807, 2.05) is 60.7 Å². The van der Waals surface area contributed by atoms with Gasteiger partial charge >= 0.3 is 0 Å². The van der Waals surface area contributed by atoms with Crippen LogP contribution in [-0.4, -0.2) is 16.1 Å². The van der Waals surface area contributed by atoms with Gasteiger partial charge in [0.1, 0.15) is 12.4 Å². The van der Waals surface area contributed by atoms with Crippen molar-refractivity contribution < 1.29 is 9.53 Å². The van der Waals surface area contributed by atoms with E-state index in [2.05, 4.69) is 15.5 Å². The van der Waals surface area contributed by atoms with Crippen molar-refractivity contribution in [1.29, 1.82) is 0 Å². The SMILES string of the molecule is O=C(Nc1n[nH]c2ccc(OCc3ccc(Cl)c(Cl)c3)cc12)c1cccc2ccccc12. The molecule has 2 N–H and O–H groups in total. The Labute approximate surface area is 193 Å². The lowest BCUT2D eigenvalue weighted by molar-refractivity contribution is 0.102. The summed E-state index contributed by atoms with van der Waals surface area (Å²) in [6.07, 6.45) is 0. The summed E-state index contributed by atoms with van der Waals surface area (Å²) in [5, 5.41) is 13.8. The Morgan fingerprint density at radius 2 is 1.75 bits per heavy atom. The maximum absolute atomic E-state index is 13.0. The summed E-state index contributed by atoms with van der Waals surface area (Å²) in [6, 6.07) is 24.4. The van der Waals surface area contributed by atoms with Crippen LogP contribution in [0.2, 0.25) is 10.0 Å². The first kappa shape index (κ1) is 20.4. The van der Waals surface area contributed by atoms with Crippen molar-refractivity contribution >= 4 is 56.6 Å². The van der Waals surface area contributed by atoms with Crippen LogP contribution in [0.15, 0.2) is 78.9 Å². The van der Waals surface area contributed by atoms with Gasteiger partial charge in [0.05, 0.1) is 15.6 Å². The van der Waals surface area contributed by atoms with Gasteiger partial charge in [-0.2, -0.15) is 5.10 Å². The molecule has 0 aliphatic carbocycles. The van der Waals surface area contributed by atoms with Gasteiger partial charge in [0.2, 0.25) is 0 Å². The number of ether oxygens (including phenoxy) is 1. The largest absolute Gasteiger partial charge is 0.489 e. The van der Waals surface area contributed by atoms with Crippen LogP contribution in [0.4, 0.5) is 5.82 Å². The number of H-pyrrole nitrogens is 1. The van der Waals surface area contributed by atoms with Crippen LogP contribution >= 0.6 is 23.2 Å². The molecule has 5 rings (SSSR count). The minimum atomic E-state index is -0.225. The van der Waals surface area contributed by atoms with Gasteiger partial charge in [-0.1, -0.05) is 65.7 Å². The van der Waals surface area contributed by atoms with E-state index in [1.165, 1.54) is 0 Å². The van der Waals surface area contributed by atoms with Gasteiger partial charge in [-0.05, 0) is 52.7 Å². The molecule has 1 aromatic heterocycles. The second kappa shape index (κ2) is 8.54. The van der Waals surface area contributed by atoms with Gasteiger partial charge in [0.15, 0.2) is 5.82 Å². The number of nitrogens with one attached hydrogen (secondary N) is 2. The Morgan fingerprint density at radius 1 is 0.906 bits per heavy atom. The van der Waals surface area contributed by atoms with Crippen LogP contribution in [0.1, 0.15) is 15.9 Å². The predicted molar refractivity (Wildman–Crippen MR) is 129 cm³/mol. The first-order valence-electron chi connectivity index (χ1n) is 9.92. The zero-order chi connectivity index (χ0) is 22.1. The average Bonchev–Trinajstić information content (AvgIpc) is 3.21. The Bertz CT molecular complexity index is 1460. The monoisotopic (exact) mass is 461 g/mol. The lowest BCUT2D eigenvalue weighted by Crippen LogP contribution is -2.12. The molecule has 0 atom stereocenters. The smallest absolute Gasteiger partial charge is 0.257 e. The van der Waals surface area contributed by atoms with E-state index < -0.39 is 0 Å². The fraction of sp³-hybridized carbons (Fsp3) is 0.0400. The van der Waals surface area contributed by atoms with Crippen LogP contribution < -0.4 is 10.1 Å². The Hall–Kier alpha value is -3.54. The van der Waals surface area contributed by atoms with Crippen LogP contribution in [0.25, 0.3) is 21.7 Å². The van der Waals surface area contributed by atoms with E-state index in [9.17, 15) is 4.79 Å². The lowest BCUT2D eigenvalue weighted by Gasteiger charge is -2.09. The summed E-state index contributed by atoms with van der Waals surface area (Å²) < 4.78 is 5.91. The second-order valence-electron chi connectivity index (χ2n) is 7.30. The van der Waals surface area contributed by atoms with Crippen molar-refractivity contribution in [3.63, 3.8) is 0 Å². The Kier molecular flexibility index (Phi) is 5.43. The summed E-state index contributed by atoms with van der Waals surface area (Å²) in [6.45, 7) is 0.331. The molecule has 1 heterocycles. The third kappa shape index (κ3) is 4.00. The quantitative estimate of drug-likeness (QED) is 0.300. The third-order valence-electron chi connectivity index (χ3n) is 5.19. The summed E-state index contributed by atoms with van der Waals surface area (Å²) >= 11 is 12.0. The highest BCUT2D eigenvalue weighted by Gasteiger charge is 2.14. The molecule has 0 aliphatic heterocycles. The minimum Gasteiger partial charge on any atom is -0.489 e. The van der Waals surface area contributed by atoms with Crippen molar-refractivity contribution in [1.82, 2.24) is 10.2 Å². The molecule has 7 heteroatoms. The maximum Gasteiger partial charge on any atom is 0.257 e. The number of fused-ring (bicyclic) bond motifs is 2. The topological polar surface area (TPSA) is 67.0 Å². The van der Waals surface area contributed by atoms with E-state index in [-0.39, 0.29) is 5.91 Å². The summed E-state index contributed by atoms with van der Waals surface area (Å²) in [5.41, 5.74) is 2.28. The number of carbonyl (C=O) groups excluding carboxylic acids is 1. The molecule has 0 saturated carbocycles. The number of aromatic nitrogens is 2. The standard InChI is InChI=1S/C25H17Cl2N3O2/c26-21-10-8-15(12-22(21)27)14-32-17-9-11-23-20(13-17)24(30-29-23)28-25(31)19-7-3-5-16-4-1-2-6-18(16)19/h1-13H,14H2,(H2,28,29,30,31). The summed E-state index contributed by atoms with van der Waals surface area (Å²) in [5.74, 6) is 0.862. The van der Waals surface area contributed by atoms with Crippen molar-refractivity contribution in [3.05, 3.63) is 100 Å². The molecule has 0 fully saturated rings. The maximum atomic E-state index is 13.0. The van der Waals surface area contributed by atoms with Gasteiger partial charge in [0.25, 0.3) is 5.91 Å². The highest BCUT2D eigenvalue weighted by atomic mass is 35.5. The zero-order valence-electron chi connectivity index (χ0n) is 16.7. The van der Waals surface area contributed by atoms with Gasteiger partial charge in [0, 0.05) is 10.9 Å². The van der Waals surface area contributed by atoms with E-state index in [1.54, 1.807) is 18.2 Å². The number of rotatable bonds is 5. The molecule has 32 heavy (non-hydrogen) atoms. The minimum absolute atomic E-state index is 0.225. The van der Waals surface area contributed by atoms with Gasteiger partial charge in [-0.3, -0.25) is 9.89 Å². The molecule has 0 radical (unpaired) electrons. The number of halogens is 2. The van der Waals surface area contributed by atoms with E-state index in [0.717, 1.165) is 27.2 Å². The van der Waals surface area contributed by atoms with E-state index in [0.29, 0.717) is 33.8 Å². The van der Waals surface area contributed by atoms with E-state index >= 15 is 0 Å². The molecule has 0 bridgehead atoms. The van der Waals surface area contributed by atoms with Crippen molar-refractivity contribution in [2.24, 2.45) is 0 Å². The molecular formula is C25H17Cl2N3O2. The Morgan fingerprint density at radius 3 is 2.62 bits per heavy atom. The second-order valence-corrected chi connectivity index (χ2v) is 8.11. The highest BCUT2D eigenvalue weighted by Crippen LogP contribution is 2.28. The molecule has 5 nitrogen and oxygen atoms in total.